The molecule has 4 nitrogen and oxygen atoms in total. The molecule has 1 aliphatic heterocycles. The first-order valence-corrected chi connectivity index (χ1v) is 9.91. The van der Waals surface area contributed by atoms with Gasteiger partial charge in [0.05, 0.1) is 18.4 Å². The molecule has 0 N–H and O–H groups in total. The van der Waals surface area contributed by atoms with Crippen LogP contribution in [0.15, 0.2) is 41.4 Å². The minimum atomic E-state index is -0.328. The molecular formula is C24H30N2O2. The summed E-state index contributed by atoms with van der Waals surface area (Å²) in [5, 5.41) is 0. The fraction of sp³-hybridized carbons (Fsp3) is 0.417. The van der Waals surface area contributed by atoms with Gasteiger partial charge >= 0.3 is 5.97 Å². The van der Waals surface area contributed by atoms with Crippen LogP contribution in [0.4, 0.5) is 11.4 Å². The van der Waals surface area contributed by atoms with Crippen LogP contribution in [0.3, 0.4) is 0 Å². The lowest BCUT2D eigenvalue weighted by atomic mass is 9.79. The van der Waals surface area contributed by atoms with Crippen LogP contribution >= 0.6 is 0 Å². The van der Waals surface area contributed by atoms with Crippen LogP contribution < -0.4 is 4.90 Å². The third-order valence-corrected chi connectivity index (χ3v) is 5.70. The number of fused-ring (bicyclic) bond motifs is 1. The average molecular weight is 379 g/mol. The summed E-state index contributed by atoms with van der Waals surface area (Å²) in [5.41, 5.74) is 6.35. The number of rotatable bonds is 4. The second-order valence-electron chi connectivity index (χ2n) is 8.23. The first kappa shape index (κ1) is 20.1. The van der Waals surface area contributed by atoms with E-state index in [1.165, 1.54) is 18.4 Å². The van der Waals surface area contributed by atoms with Gasteiger partial charge in [0.15, 0.2) is 0 Å². The molecule has 3 rings (SSSR count). The first-order chi connectivity index (χ1) is 13.3. The molecule has 0 aromatic heterocycles. The van der Waals surface area contributed by atoms with Gasteiger partial charge in [-0.3, -0.25) is 4.99 Å². The van der Waals surface area contributed by atoms with Gasteiger partial charge in [-0.15, -0.1) is 0 Å². The van der Waals surface area contributed by atoms with Gasteiger partial charge in [-0.2, -0.15) is 0 Å². The second-order valence-corrected chi connectivity index (χ2v) is 8.23. The minimum Gasteiger partial charge on any atom is -0.465 e. The van der Waals surface area contributed by atoms with Gasteiger partial charge in [-0.05, 0) is 87.1 Å². The van der Waals surface area contributed by atoms with E-state index in [0.717, 1.165) is 29.8 Å². The van der Waals surface area contributed by atoms with Crippen molar-refractivity contribution in [2.75, 3.05) is 18.6 Å². The van der Waals surface area contributed by atoms with Gasteiger partial charge in [0.25, 0.3) is 0 Å². The molecule has 1 unspecified atom stereocenters. The molecule has 28 heavy (non-hydrogen) atoms. The van der Waals surface area contributed by atoms with E-state index >= 15 is 0 Å². The number of methoxy groups -OCH3 is 1. The van der Waals surface area contributed by atoms with Crippen LogP contribution in [-0.4, -0.2) is 31.4 Å². The highest BCUT2D eigenvalue weighted by molar-refractivity contribution is 5.90. The normalized spacial score (nSPS) is 18.2. The topological polar surface area (TPSA) is 41.9 Å². The maximum atomic E-state index is 11.7. The molecular weight excluding hydrogens is 348 g/mol. The number of anilines is 1. The molecule has 0 saturated heterocycles. The molecule has 148 valence electrons. The van der Waals surface area contributed by atoms with Crippen LogP contribution in [0.25, 0.3) is 0 Å². The van der Waals surface area contributed by atoms with E-state index < -0.39 is 0 Å². The van der Waals surface area contributed by atoms with Crippen molar-refractivity contribution < 1.29 is 9.53 Å². The van der Waals surface area contributed by atoms with E-state index in [1.807, 2.05) is 25.3 Å². The van der Waals surface area contributed by atoms with Crippen molar-refractivity contribution in [2.45, 2.75) is 52.5 Å². The number of carbonyl (C=O) groups is 1. The summed E-state index contributed by atoms with van der Waals surface area (Å²) in [4.78, 5) is 18.8. The van der Waals surface area contributed by atoms with Crippen molar-refractivity contribution in [3.8, 4) is 0 Å². The Labute approximate surface area is 168 Å². The largest absolute Gasteiger partial charge is 0.465 e. The highest BCUT2D eigenvalue weighted by Gasteiger charge is 2.35. The van der Waals surface area contributed by atoms with Gasteiger partial charge in [0.1, 0.15) is 0 Å². The lowest BCUT2D eigenvalue weighted by Gasteiger charge is -2.47. The molecule has 0 bridgehead atoms. The molecule has 0 spiro atoms. The molecule has 4 heteroatoms. The van der Waals surface area contributed by atoms with Crippen molar-refractivity contribution >= 4 is 23.6 Å². The minimum absolute atomic E-state index is 0.176. The maximum Gasteiger partial charge on any atom is 0.337 e. The second kappa shape index (κ2) is 7.78. The van der Waals surface area contributed by atoms with E-state index in [9.17, 15) is 4.79 Å². The van der Waals surface area contributed by atoms with Gasteiger partial charge in [0, 0.05) is 24.0 Å². The number of nitrogens with zero attached hydrogens (tertiary/aromatic N) is 2. The zero-order valence-corrected chi connectivity index (χ0v) is 17.7. The van der Waals surface area contributed by atoms with Crippen LogP contribution in [0.1, 0.15) is 67.1 Å². The predicted molar refractivity (Wildman–Crippen MR) is 116 cm³/mol. The Morgan fingerprint density at radius 2 is 2.04 bits per heavy atom. The summed E-state index contributed by atoms with van der Waals surface area (Å²) in [5.74, 6) is 0.188. The molecule has 2 aromatic carbocycles. The molecule has 1 atom stereocenters. The van der Waals surface area contributed by atoms with Crippen molar-refractivity contribution in [1.82, 2.24) is 0 Å². The Balaban J connectivity index is 1.89. The number of hydrogen-bond donors (Lipinski definition) is 0. The smallest absolute Gasteiger partial charge is 0.337 e. The van der Waals surface area contributed by atoms with Crippen molar-refractivity contribution in [1.29, 1.82) is 0 Å². The van der Waals surface area contributed by atoms with Gasteiger partial charge in [0.2, 0.25) is 0 Å². The molecule has 0 saturated carbocycles. The van der Waals surface area contributed by atoms with E-state index in [-0.39, 0.29) is 11.5 Å². The standard InChI is InChI=1S/C24H30N2O2/c1-7-26-22-11-8-18(13-20(22)17(3)14-24(26,4)5)15-25-21-10-9-19(12-16(21)2)23(27)28-6/h8-13,15,17H,7,14H2,1-6H3. The highest BCUT2D eigenvalue weighted by Crippen LogP contribution is 2.43. The number of esters is 1. The number of benzene rings is 2. The Kier molecular flexibility index (Phi) is 5.59. The van der Waals surface area contributed by atoms with Crippen LogP contribution in [-0.2, 0) is 4.74 Å². The Morgan fingerprint density at radius 3 is 2.68 bits per heavy atom. The van der Waals surface area contributed by atoms with Crippen molar-refractivity contribution in [3.05, 3.63) is 58.7 Å². The summed E-state index contributed by atoms with van der Waals surface area (Å²) in [6.07, 6.45) is 3.05. The van der Waals surface area contributed by atoms with E-state index in [1.54, 1.807) is 6.07 Å². The van der Waals surface area contributed by atoms with Crippen LogP contribution in [0, 0.1) is 6.92 Å². The maximum absolute atomic E-state index is 11.7. The zero-order chi connectivity index (χ0) is 20.5. The third kappa shape index (κ3) is 3.82. The number of aliphatic imine (C=N–C) groups is 1. The number of aryl methyl sites for hydroxylation is 1. The van der Waals surface area contributed by atoms with E-state index in [4.69, 9.17) is 4.74 Å². The summed E-state index contributed by atoms with van der Waals surface area (Å²) >= 11 is 0. The van der Waals surface area contributed by atoms with Crippen LogP contribution in [0.2, 0.25) is 0 Å². The van der Waals surface area contributed by atoms with Crippen molar-refractivity contribution in [3.63, 3.8) is 0 Å². The average Bonchev–Trinajstić information content (AvgIpc) is 2.66. The van der Waals surface area contributed by atoms with Gasteiger partial charge in [-0.1, -0.05) is 13.0 Å². The zero-order valence-electron chi connectivity index (χ0n) is 17.7. The quantitative estimate of drug-likeness (QED) is 0.510. The fourth-order valence-electron chi connectivity index (χ4n) is 4.38. The highest BCUT2D eigenvalue weighted by atomic mass is 16.5. The number of carbonyl (C=O) groups excluding carboxylic acids is 1. The lowest BCUT2D eigenvalue weighted by molar-refractivity contribution is 0.0600. The summed E-state index contributed by atoms with van der Waals surface area (Å²) in [6.45, 7) is 12.1. The molecule has 0 radical (unpaired) electrons. The summed E-state index contributed by atoms with van der Waals surface area (Å²) in [6, 6.07) is 12.1. The molecule has 1 heterocycles. The molecule has 1 aliphatic rings. The number of ether oxygens (including phenoxy) is 1. The van der Waals surface area contributed by atoms with E-state index in [0.29, 0.717) is 11.5 Å². The van der Waals surface area contributed by atoms with Gasteiger partial charge in [-0.25, -0.2) is 4.79 Å². The SMILES string of the molecule is CCN1c2ccc(C=Nc3ccc(C(=O)OC)cc3C)cc2C(C)CC1(C)C. The summed E-state index contributed by atoms with van der Waals surface area (Å²) < 4.78 is 4.77. The molecule has 2 aromatic rings. The Morgan fingerprint density at radius 1 is 1.29 bits per heavy atom. The molecule has 0 amide bonds. The predicted octanol–water partition coefficient (Wildman–Crippen LogP) is 5.64. The van der Waals surface area contributed by atoms with Crippen LogP contribution in [0.5, 0.6) is 0 Å². The molecule has 0 aliphatic carbocycles. The van der Waals surface area contributed by atoms with Gasteiger partial charge < -0.3 is 9.64 Å². The van der Waals surface area contributed by atoms with Crippen molar-refractivity contribution in [2.24, 2.45) is 4.99 Å². The first-order valence-electron chi connectivity index (χ1n) is 9.91. The van der Waals surface area contributed by atoms with E-state index in [2.05, 4.69) is 55.8 Å². The summed E-state index contributed by atoms with van der Waals surface area (Å²) in [7, 11) is 1.39. The lowest BCUT2D eigenvalue weighted by Crippen LogP contribution is -2.48. The fourth-order valence-corrected chi connectivity index (χ4v) is 4.38. The third-order valence-electron chi connectivity index (χ3n) is 5.70. The Hall–Kier alpha value is -2.62. The monoisotopic (exact) mass is 378 g/mol. The molecule has 0 fully saturated rings. The Bertz CT molecular complexity index is 915. The number of hydrogen-bond acceptors (Lipinski definition) is 4.